The van der Waals surface area contributed by atoms with Crippen LogP contribution in [0.5, 0.6) is 0 Å². The van der Waals surface area contributed by atoms with E-state index in [1.165, 1.54) is 5.56 Å². The van der Waals surface area contributed by atoms with E-state index in [9.17, 15) is 4.79 Å². The predicted molar refractivity (Wildman–Crippen MR) is 100 cm³/mol. The number of benzene rings is 1. The standard InChI is InChI=1S/C20H23N5O/c1-24(12-15-5-4-10-21-11-15)16-13-25(14-16)20(26)9-8-19-22-17-6-2-3-7-18(17)23-19/h2-7,10-11,16H,8-9,12-14H2,1H3,(H,22,23). The van der Waals surface area contributed by atoms with Crippen molar-refractivity contribution in [3.8, 4) is 0 Å². The van der Waals surface area contributed by atoms with Crippen LogP contribution in [0.1, 0.15) is 17.8 Å². The van der Waals surface area contributed by atoms with Crippen LogP contribution in [0.4, 0.5) is 0 Å². The molecule has 0 spiro atoms. The molecule has 4 rings (SSSR count). The minimum absolute atomic E-state index is 0.205. The third-order valence-corrected chi connectivity index (χ3v) is 5.01. The summed E-state index contributed by atoms with van der Waals surface area (Å²) in [6.45, 7) is 2.46. The summed E-state index contributed by atoms with van der Waals surface area (Å²) in [5.41, 5.74) is 3.18. The molecule has 6 heteroatoms. The first kappa shape index (κ1) is 16.7. The van der Waals surface area contributed by atoms with Crippen LogP contribution in [0.15, 0.2) is 48.8 Å². The number of H-pyrrole nitrogens is 1. The van der Waals surface area contributed by atoms with Gasteiger partial charge in [-0.05, 0) is 30.8 Å². The van der Waals surface area contributed by atoms with Crippen molar-refractivity contribution >= 4 is 16.9 Å². The molecule has 1 aliphatic rings. The number of nitrogens with one attached hydrogen (secondary N) is 1. The zero-order chi connectivity index (χ0) is 17.9. The Kier molecular flexibility index (Phi) is 4.67. The Balaban J connectivity index is 1.24. The van der Waals surface area contributed by atoms with Crippen LogP contribution < -0.4 is 0 Å². The van der Waals surface area contributed by atoms with Crippen molar-refractivity contribution in [3.05, 3.63) is 60.2 Å². The molecule has 1 N–H and O–H groups in total. The van der Waals surface area contributed by atoms with Crippen molar-refractivity contribution in [2.24, 2.45) is 0 Å². The van der Waals surface area contributed by atoms with E-state index in [1.807, 2.05) is 41.4 Å². The van der Waals surface area contributed by atoms with Gasteiger partial charge in [0, 0.05) is 50.9 Å². The van der Waals surface area contributed by atoms with E-state index < -0.39 is 0 Å². The highest BCUT2D eigenvalue weighted by atomic mass is 16.2. The van der Waals surface area contributed by atoms with Crippen molar-refractivity contribution in [2.75, 3.05) is 20.1 Å². The first-order valence-corrected chi connectivity index (χ1v) is 8.99. The van der Waals surface area contributed by atoms with Gasteiger partial charge in [0.15, 0.2) is 0 Å². The average molecular weight is 349 g/mol. The molecule has 0 saturated carbocycles. The maximum Gasteiger partial charge on any atom is 0.223 e. The Bertz CT molecular complexity index is 852. The molecule has 1 aliphatic heterocycles. The molecule has 0 aliphatic carbocycles. The minimum Gasteiger partial charge on any atom is -0.342 e. The van der Waals surface area contributed by atoms with Gasteiger partial charge in [-0.1, -0.05) is 18.2 Å². The van der Waals surface area contributed by atoms with Gasteiger partial charge in [0.2, 0.25) is 5.91 Å². The summed E-state index contributed by atoms with van der Waals surface area (Å²) in [6.07, 6.45) is 4.83. The monoisotopic (exact) mass is 349 g/mol. The van der Waals surface area contributed by atoms with E-state index in [2.05, 4.69) is 33.0 Å². The van der Waals surface area contributed by atoms with Crippen molar-refractivity contribution < 1.29 is 4.79 Å². The van der Waals surface area contributed by atoms with Gasteiger partial charge in [-0.25, -0.2) is 4.98 Å². The Labute approximate surface area is 152 Å². The number of aromatic amines is 1. The van der Waals surface area contributed by atoms with Crippen LogP contribution in [0, 0.1) is 0 Å². The number of carbonyl (C=O) groups is 1. The van der Waals surface area contributed by atoms with Crippen LogP contribution in [-0.2, 0) is 17.8 Å². The third-order valence-electron chi connectivity index (χ3n) is 5.01. The molecule has 0 radical (unpaired) electrons. The fourth-order valence-corrected chi connectivity index (χ4v) is 3.35. The van der Waals surface area contributed by atoms with Gasteiger partial charge in [-0.15, -0.1) is 0 Å². The second kappa shape index (κ2) is 7.25. The first-order chi connectivity index (χ1) is 12.7. The quantitative estimate of drug-likeness (QED) is 0.741. The minimum atomic E-state index is 0.205. The summed E-state index contributed by atoms with van der Waals surface area (Å²) in [5, 5.41) is 0. The van der Waals surface area contributed by atoms with Crippen LogP contribution in [-0.4, -0.2) is 56.8 Å². The molecule has 26 heavy (non-hydrogen) atoms. The highest BCUT2D eigenvalue weighted by Gasteiger charge is 2.32. The summed E-state index contributed by atoms with van der Waals surface area (Å²) >= 11 is 0. The molecule has 1 aromatic carbocycles. The summed E-state index contributed by atoms with van der Waals surface area (Å²) in [4.78, 5) is 28.6. The van der Waals surface area contributed by atoms with Crippen molar-refractivity contribution in [2.45, 2.75) is 25.4 Å². The van der Waals surface area contributed by atoms with Crippen molar-refractivity contribution in [3.63, 3.8) is 0 Å². The third kappa shape index (κ3) is 3.60. The molecule has 0 atom stereocenters. The Morgan fingerprint density at radius 2 is 2.12 bits per heavy atom. The van der Waals surface area contributed by atoms with E-state index in [-0.39, 0.29) is 5.91 Å². The van der Waals surface area contributed by atoms with Gasteiger partial charge >= 0.3 is 0 Å². The molecule has 2 aromatic heterocycles. The number of fused-ring (bicyclic) bond motifs is 1. The fraction of sp³-hybridized carbons (Fsp3) is 0.350. The summed E-state index contributed by atoms with van der Waals surface area (Å²) in [5.74, 6) is 1.09. The number of imidazole rings is 1. The summed E-state index contributed by atoms with van der Waals surface area (Å²) in [6, 6.07) is 12.4. The van der Waals surface area contributed by atoms with Gasteiger partial charge in [-0.2, -0.15) is 0 Å². The highest BCUT2D eigenvalue weighted by Crippen LogP contribution is 2.18. The van der Waals surface area contributed by atoms with Crippen LogP contribution in [0.25, 0.3) is 11.0 Å². The second-order valence-electron chi connectivity index (χ2n) is 6.93. The van der Waals surface area contributed by atoms with Crippen LogP contribution >= 0.6 is 0 Å². The molecule has 6 nitrogen and oxygen atoms in total. The lowest BCUT2D eigenvalue weighted by molar-refractivity contribution is -0.138. The number of carbonyl (C=O) groups excluding carboxylic acids is 1. The Morgan fingerprint density at radius 3 is 2.88 bits per heavy atom. The number of likely N-dealkylation sites (N-methyl/N-ethyl adjacent to an activating group) is 1. The van der Waals surface area contributed by atoms with Gasteiger partial charge in [0.05, 0.1) is 11.0 Å². The molecular formula is C20H23N5O. The molecule has 1 saturated heterocycles. The lowest BCUT2D eigenvalue weighted by Gasteiger charge is -2.44. The highest BCUT2D eigenvalue weighted by molar-refractivity contribution is 5.78. The molecule has 1 amide bonds. The fourth-order valence-electron chi connectivity index (χ4n) is 3.35. The van der Waals surface area contributed by atoms with Crippen LogP contribution in [0.2, 0.25) is 0 Å². The lowest BCUT2D eigenvalue weighted by Crippen LogP contribution is -2.59. The zero-order valence-corrected chi connectivity index (χ0v) is 14.9. The molecule has 3 heterocycles. The molecular weight excluding hydrogens is 326 g/mol. The predicted octanol–water partition coefficient (Wildman–Crippen LogP) is 2.23. The molecule has 0 unspecified atom stereocenters. The van der Waals surface area contributed by atoms with E-state index in [4.69, 9.17) is 0 Å². The number of aromatic nitrogens is 3. The maximum atomic E-state index is 12.4. The van der Waals surface area contributed by atoms with Gasteiger partial charge in [-0.3, -0.25) is 14.7 Å². The SMILES string of the molecule is CN(Cc1cccnc1)C1CN(C(=O)CCc2nc3ccccc3[nH]2)C1. The summed E-state index contributed by atoms with van der Waals surface area (Å²) in [7, 11) is 2.11. The smallest absolute Gasteiger partial charge is 0.223 e. The number of rotatable bonds is 6. The second-order valence-corrected chi connectivity index (χ2v) is 6.93. The maximum absolute atomic E-state index is 12.4. The Hall–Kier alpha value is -2.73. The zero-order valence-electron chi connectivity index (χ0n) is 14.9. The number of pyridine rings is 1. The molecule has 134 valence electrons. The van der Waals surface area contributed by atoms with Gasteiger partial charge in [0.25, 0.3) is 0 Å². The van der Waals surface area contributed by atoms with Gasteiger partial charge < -0.3 is 9.88 Å². The number of hydrogen-bond acceptors (Lipinski definition) is 4. The van der Waals surface area contributed by atoms with E-state index in [0.717, 1.165) is 36.5 Å². The first-order valence-electron chi connectivity index (χ1n) is 8.99. The van der Waals surface area contributed by atoms with Crippen LogP contribution in [0.3, 0.4) is 0 Å². The molecule has 0 bridgehead atoms. The normalized spacial score (nSPS) is 14.8. The molecule has 3 aromatic rings. The van der Waals surface area contributed by atoms with Gasteiger partial charge in [0.1, 0.15) is 5.82 Å². The number of para-hydroxylation sites is 2. The van der Waals surface area contributed by atoms with Crippen molar-refractivity contribution in [1.82, 2.24) is 24.8 Å². The van der Waals surface area contributed by atoms with E-state index in [0.29, 0.717) is 18.9 Å². The number of hydrogen-bond donors (Lipinski definition) is 1. The lowest BCUT2D eigenvalue weighted by atomic mass is 10.1. The summed E-state index contributed by atoms with van der Waals surface area (Å²) < 4.78 is 0. The largest absolute Gasteiger partial charge is 0.342 e. The number of likely N-dealkylation sites (tertiary alicyclic amines) is 1. The van der Waals surface area contributed by atoms with Crippen molar-refractivity contribution in [1.29, 1.82) is 0 Å². The van der Waals surface area contributed by atoms with E-state index >= 15 is 0 Å². The average Bonchev–Trinajstić information content (AvgIpc) is 3.02. The molecule has 1 fully saturated rings. The number of aryl methyl sites for hydroxylation is 1. The number of nitrogens with zero attached hydrogens (tertiary/aromatic N) is 4. The topological polar surface area (TPSA) is 65.1 Å². The Morgan fingerprint density at radius 1 is 1.27 bits per heavy atom. The number of amides is 1. The van der Waals surface area contributed by atoms with E-state index in [1.54, 1.807) is 6.20 Å².